The van der Waals surface area contributed by atoms with Crippen LogP contribution in [-0.2, 0) is 0 Å². The van der Waals surface area contributed by atoms with E-state index in [-0.39, 0.29) is 0 Å². The fraction of sp³-hybridized carbons (Fsp3) is 0.412. The molecule has 1 aliphatic heterocycles. The van der Waals surface area contributed by atoms with Crippen molar-refractivity contribution in [3.8, 4) is 6.01 Å². The summed E-state index contributed by atoms with van der Waals surface area (Å²) in [6.45, 7) is 4.76. The summed E-state index contributed by atoms with van der Waals surface area (Å²) in [6.07, 6.45) is 7.26. The van der Waals surface area contributed by atoms with Crippen molar-refractivity contribution in [2.45, 2.75) is 19.8 Å². The van der Waals surface area contributed by atoms with Gasteiger partial charge in [0.25, 0.3) is 0 Å². The maximum atomic E-state index is 5.70. The number of rotatable bonds is 4. The Morgan fingerprint density at radius 1 is 1.17 bits per heavy atom. The van der Waals surface area contributed by atoms with Crippen LogP contribution in [0.2, 0.25) is 0 Å². The van der Waals surface area contributed by atoms with Crippen molar-refractivity contribution in [3.05, 3.63) is 35.7 Å². The highest BCUT2D eigenvalue weighted by atomic mass is 32.1. The monoisotopic (exact) mass is 341 g/mol. The summed E-state index contributed by atoms with van der Waals surface area (Å²) in [5.74, 6) is 1.61. The van der Waals surface area contributed by atoms with Crippen LogP contribution in [0.15, 0.2) is 30.2 Å². The van der Waals surface area contributed by atoms with Gasteiger partial charge in [-0.15, -0.1) is 11.3 Å². The van der Waals surface area contributed by atoms with Gasteiger partial charge < -0.3 is 9.64 Å². The Bertz CT molecular complexity index is 814. The van der Waals surface area contributed by atoms with Gasteiger partial charge in [-0.2, -0.15) is 0 Å². The minimum absolute atomic E-state index is 0.464. The van der Waals surface area contributed by atoms with E-state index in [1.165, 1.54) is 10.3 Å². The van der Waals surface area contributed by atoms with Gasteiger partial charge in [0.05, 0.1) is 16.8 Å². The maximum Gasteiger partial charge on any atom is 0.316 e. The molecule has 0 spiro atoms. The molecule has 4 rings (SSSR count). The third-order valence-electron chi connectivity index (χ3n) is 4.42. The number of piperidine rings is 1. The van der Waals surface area contributed by atoms with Crippen molar-refractivity contribution < 1.29 is 4.74 Å². The number of nitrogens with zero attached hydrogens (tertiary/aromatic N) is 5. The molecular formula is C17H19N5OS. The Labute approximate surface area is 144 Å². The molecular weight excluding hydrogens is 322 g/mol. The fourth-order valence-electron chi connectivity index (χ4n) is 3.05. The summed E-state index contributed by atoms with van der Waals surface area (Å²) in [6, 6.07) is 2.26. The normalized spacial score (nSPS) is 15.8. The molecule has 7 heteroatoms. The lowest BCUT2D eigenvalue weighted by molar-refractivity contribution is 0.208. The molecule has 0 N–H and O–H groups in total. The SMILES string of the molecule is Cc1csc2c(N3CCC(COc4ncccn4)CC3)ncnc12. The highest BCUT2D eigenvalue weighted by Crippen LogP contribution is 2.32. The summed E-state index contributed by atoms with van der Waals surface area (Å²) in [5, 5.41) is 2.16. The molecule has 0 aromatic carbocycles. The average molecular weight is 341 g/mol. The second-order valence-corrected chi connectivity index (χ2v) is 6.95. The molecule has 1 saturated heterocycles. The first-order chi connectivity index (χ1) is 11.8. The van der Waals surface area contributed by atoms with Gasteiger partial charge in [0.15, 0.2) is 0 Å². The van der Waals surface area contributed by atoms with E-state index in [2.05, 4.69) is 37.1 Å². The van der Waals surface area contributed by atoms with E-state index in [4.69, 9.17) is 4.74 Å². The van der Waals surface area contributed by atoms with Gasteiger partial charge in [-0.1, -0.05) is 0 Å². The predicted molar refractivity (Wildman–Crippen MR) is 94.6 cm³/mol. The Kier molecular flexibility index (Phi) is 4.25. The molecule has 0 saturated carbocycles. The van der Waals surface area contributed by atoms with Crippen molar-refractivity contribution in [2.24, 2.45) is 5.92 Å². The van der Waals surface area contributed by atoms with Crippen LogP contribution >= 0.6 is 11.3 Å². The molecule has 6 nitrogen and oxygen atoms in total. The Morgan fingerprint density at radius 3 is 2.75 bits per heavy atom. The summed E-state index contributed by atoms with van der Waals surface area (Å²) in [5.41, 5.74) is 2.31. The number of hydrogen-bond acceptors (Lipinski definition) is 7. The first-order valence-electron chi connectivity index (χ1n) is 8.15. The van der Waals surface area contributed by atoms with E-state index < -0.39 is 0 Å². The van der Waals surface area contributed by atoms with Gasteiger partial charge in [-0.25, -0.2) is 19.9 Å². The van der Waals surface area contributed by atoms with Gasteiger partial charge in [-0.05, 0) is 42.7 Å². The third-order valence-corrected chi connectivity index (χ3v) is 5.50. The molecule has 0 bridgehead atoms. The maximum absolute atomic E-state index is 5.70. The number of aromatic nitrogens is 4. The number of anilines is 1. The van der Waals surface area contributed by atoms with Crippen LogP contribution in [0.1, 0.15) is 18.4 Å². The van der Waals surface area contributed by atoms with Crippen molar-refractivity contribution >= 4 is 27.4 Å². The van der Waals surface area contributed by atoms with E-state index in [0.717, 1.165) is 37.3 Å². The van der Waals surface area contributed by atoms with E-state index in [0.29, 0.717) is 18.5 Å². The van der Waals surface area contributed by atoms with Crippen LogP contribution in [0.4, 0.5) is 5.82 Å². The van der Waals surface area contributed by atoms with E-state index in [1.807, 2.05) is 0 Å². The molecule has 3 aromatic rings. The molecule has 0 amide bonds. The summed E-state index contributed by atoms with van der Waals surface area (Å²) >= 11 is 1.73. The molecule has 1 aliphatic rings. The molecule has 0 aliphatic carbocycles. The van der Waals surface area contributed by atoms with E-state index >= 15 is 0 Å². The Morgan fingerprint density at radius 2 is 1.96 bits per heavy atom. The first-order valence-corrected chi connectivity index (χ1v) is 9.03. The second-order valence-electron chi connectivity index (χ2n) is 6.07. The largest absolute Gasteiger partial charge is 0.463 e. The number of hydrogen-bond donors (Lipinski definition) is 0. The molecule has 0 atom stereocenters. The van der Waals surface area contributed by atoms with Crippen LogP contribution in [0.25, 0.3) is 10.2 Å². The van der Waals surface area contributed by atoms with Crippen LogP contribution < -0.4 is 9.64 Å². The van der Waals surface area contributed by atoms with Crippen LogP contribution in [0.3, 0.4) is 0 Å². The van der Waals surface area contributed by atoms with Crippen molar-refractivity contribution in [3.63, 3.8) is 0 Å². The minimum Gasteiger partial charge on any atom is -0.463 e. The third kappa shape index (κ3) is 3.03. The van der Waals surface area contributed by atoms with Crippen molar-refractivity contribution in [2.75, 3.05) is 24.6 Å². The second kappa shape index (κ2) is 6.68. The zero-order valence-corrected chi connectivity index (χ0v) is 14.4. The van der Waals surface area contributed by atoms with Crippen LogP contribution in [-0.4, -0.2) is 39.6 Å². The Balaban J connectivity index is 1.39. The number of fused-ring (bicyclic) bond motifs is 1. The Hall–Kier alpha value is -2.28. The van der Waals surface area contributed by atoms with E-state index in [1.54, 1.807) is 36.1 Å². The van der Waals surface area contributed by atoms with Crippen LogP contribution in [0, 0.1) is 12.8 Å². The van der Waals surface area contributed by atoms with E-state index in [9.17, 15) is 0 Å². The van der Waals surface area contributed by atoms with Crippen LogP contribution in [0.5, 0.6) is 6.01 Å². The lowest BCUT2D eigenvalue weighted by Crippen LogP contribution is -2.36. The minimum atomic E-state index is 0.464. The lowest BCUT2D eigenvalue weighted by atomic mass is 9.98. The zero-order valence-electron chi connectivity index (χ0n) is 13.6. The standard InChI is InChI=1S/C17H19N5OS/c1-12-10-24-15-14(12)20-11-21-16(15)22-7-3-13(4-8-22)9-23-17-18-5-2-6-19-17/h2,5-6,10-11,13H,3-4,7-9H2,1H3. The zero-order chi connectivity index (χ0) is 16.4. The summed E-state index contributed by atoms with van der Waals surface area (Å²) in [4.78, 5) is 19.5. The molecule has 24 heavy (non-hydrogen) atoms. The van der Waals surface area contributed by atoms with Gasteiger partial charge in [0, 0.05) is 25.5 Å². The lowest BCUT2D eigenvalue weighted by Gasteiger charge is -2.32. The smallest absolute Gasteiger partial charge is 0.316 e. The quantitative estimate of drug-likeness (QED) is 0.727. The highest BCUT2D eigenvalue weighted by molar-refractivity contribution is 7.18. The van der Waals surface area contributed by atoms with Gasteiger partial charge in [0.1, 0.15) is 12.1 Å². The number of aryl methyl sites for hydroxylation is 1. The fourth-order valence-corrected chi connectivity index (χ4v) is 4.06. The van der Waals surface area contributed by atoms with Crippen molar-refractivity contribution in [1.29, 1.82) is 0 Å². The van der Waals surface area contributed by atoms with Gasteiger partial charge in [0.2, 0.25) is 0 Å². The molecule has 124 valence electrons. The number of ether oxygens (including phenoxy) is 1. The summed E-state index contributed by atoms with van der Waals surface area (Å²) < 4.78 is 6.89. The molecule has 0 unspecified atom stereocenters. The average Bonchev–Trinajstić information content (AvgIpc) is 3.03. The van der Waals surface area contributed by atoms with Gasteiger partial charge in [-0.3, -0.25) is 0 Å². The first kappa shape index (κ1) is 15.3. The number of thiophene rings is 1. The molecule has 1 fully saturated rings. The van der Waals surface area contributed by atoms with Gasteiger partial charge >= 0.3 is 6.01 Å². The summed E-state index contributed by atoms with van der Waals surface area (Å²) in [7, 11) is 0. The molecule has 3 aromatic heterocycles. The molecule has 0 radical (unpaired) electrons. The van der Waals surface area contributed by atoms with Crippen molar-refractivity contribution in [1.82, 2.24) is 19.9 Å². The molecule has 4 heterocycles. The highest BCUT2D eigenvalue weighted by Gasteiger charge is 2.23. The predicted octanol–water partition coefficient (Wildman–Crippen LogP) is 3.09. The topological polar surface area (TPSA) is 64.0 Å².